The fraction of sp³-hybridized carbons (Fsp3) is 0.278. The first-order chi connectivity index (χ1) is 13.3. The van der Waals surface area contributed by atoms with Gasteiger partial charge in [0.1, 0.15) is 11.6 Å². The molecule has 0 aliphatic carbocycles. The molecule has 5 nitrogen and oxygen atoms in total. The van der Waals surface area contributed by atoms with E-state index in [1.165, 1.54) is 4.68 Å². The molecule has 2 heterocycles. The number of rotatable bonds is 6. The first-order valence-corrected chi connectivity index (χ1v) is 8.36. The lowest BCUT2D eigenvalue weighted by atomic mass is 10.2. The van der Waals surface area contributed by atoms with Crippen LogP contribution in [0.1, 0.15) is 23.5 Å². The van der Waals surface area contributed by atoms with Gasteiger partial charge in [0.25, 0.3) is 0 Å². The van der Waals surface area contributed by atoms with Gasteiger partial charge in [-0.25, -0.2) is 9.07 Å². The molecule has 0 radical (unpaired) electrons. The molecule has 0 atom stereocenters. The van der Waals surface area contributed by atoms with Crippen molar-refractivity contribution < 1.29 is 22.0 Å². The minimum absolute atomic E-state index is 0.0167. The van der Waals surface area contributed by atoms with Crippen molar-refractivity contribution in [2.75, 3.05) is 12.0 Å². The van der Waals surface area contributed by atoms with Crippen LogP contribution in [0.25, 0.3) is 5.69 Å². The van der Waals surface area contributed by atoms with Crippen LogP contribution in [0.15, 0.2) is 36.5 Å². The molecule has 3 aromatic rings. The Morgan fingerprint density at radius 1 is 1.14 bits per heavy atom. The zero-order valence-electron chi connectivity index (χ0n) is 14.8. The van der Waals surface area contributed by atoms with Gasteiger partial charge < -0.3 is 5.32 Å². The second-order valence-electron chi connectivity index (χ2n) is 6.03. The average molecular weight is 397 g/mol. The van der Waals surface area contributed by atoms with Crippen molar-refractivity contribution in [3.05, 3.63) is 59.4 Å². The minimum atomic E-state index is -4.82. The van der Waals surface area contributed by atoms with Gasteiger partial charge in [0.15, 0.2) is 0 Å². The van der Waals surface area contributed by atoms with Gasteiger partial charge in [0.05, 0.1) is 17.9 Å². The van der Waals surface area contributed by atoms with E-state index in [0.717, 1.165) is 17.8 Å². The van der Waals surface area contributed by atoms with E-state index in [1.807, 2.05) is 0 Å². The van der Waals surface area contributed by atoms with Gasteiger partial charge in [0.2, 0.25) is 5.95 Å². The molecule has 0 unspecified atom stereocenters. The van der Waals surface area contributed by atoms with Crippen LogP contribution in [0.4, 0.5) is 33.6 Å². The van der Waals surface area contributed by atoms with Gasteiger partial charge in [-0.05, 0) is 43.7 Å². The SMILES string of the molecule is Cc1cc(-n2nc(Nc3ccc(F)c(C(F)(F)F)c3)nc2CCCF)ccn1. The van der Waals surface area contributed by atoms with Gasteiger partial charge in [-0.2, -0.15) is 18.2 Å². The fourth-order valence-electron chi connectivity index (χ4n) is 2.60. The van der Waals surface area contributed by atoms with Crippen LogP contribution in [0.2, 0.25) is 0 Å². The zero-order valence-corrected chi connectivity index (χ0v) is 14.8. The number of aromatic nitrogens is 4. The lowest BCUT2D eigenvalue weighted by molar-refractivity contribution is -0.139. The predicted octanol–water partition coefficient (Wildman–Crippen LogP) is 4.77. The number of benzene rings is 1. The van der Waals surface area contributed by atoms with Crippen molar-refractivity contribution in [1.82, 2.24) is 19.7 Å². The Hall–Kier alpha value is -3.04. The zero-order chi connectivity index (χ0) is 20.3. The van der Waals surface area contributed by atoms with E-state index in [9.17, 15) is 22.0 Å². The van der Waals surface area contributed by atoms with Gasteiger partial charge in [-0.15, -0.1) is 5.10 Å². The molecular weight excluding hydrogens is 381 g/mol. The lowest BCUT2D eigenvalue weighted by Crippen LogP contribution is -2.08. The van der Waals surface area contributed by atoms with Crippen molar-refractivity contribution in [2.45, 2.75) is 25.9 Å². The molecule has 10 heteroatoms. The van der Waals surface area contributed by atoms with Crippen LogP contribution in [0.5, 0.6) is 0 Å². The normalized spacial score (nSPS) is 11.6. The van der Waals surface area contributed by atoms with E-state index in [-0.39, 0.29) is 24.5 Å². The highest BCUT2D eigenvalue weighted by atomic mass is 19.4. The van der Waals surface area contributed by atoms with Crippen molar-refractivity contribution in [2.24, 2.45) is 0 Å². The third-order valence-electron chi connectivity index (χ3n) is 3.86. The molecule has 0 fully saturated rings. The van der Waals surface area contributed by atoms with Gasteiger partial charge in [-0.1, -0.05) is 0 Å². The van der Waals surface area contributed by atoms with Crippen molar-refractivity contribution in [3.8, 4) is 5.69 Å². The van der Waals surface area contributed by atoms with Crippen molar-refractivity contribution >= 4 is 11.6 Å². The second kappa shape index (κ2) is 7.91. The fourth-order valence-corrected chi connectivity index (χ4v) is 2.60. The molecule has 148 valence electrons. The molecule has 0 saturated carbocycles. The molecule has 1 N–H and O–H groups in total. The van der Waals surface area contributed by atoms with E-state index < -0.39 is 24.2 Å². The summed E-state index contributed by atoms with van der Waals surface area (Å²) in [5, 5.41) is 6.90. The van der Waals surface area contributed by atoms with E-state index >= 15 is 0 Å². The van der Waals surface area contributed by atoms with Crippen LogP contribution in [0, 0.1) is 12.7 Å². The number of hydrogen-bond donors (Lipinski definition) is 1. The summed E-state index contributed by atoms with van der Waals surface area (Å²) in [5.74, 6) is -0.917. The summed E-state index contributed by atoms with van der Waals surface area (Å²) >= 11 is 0. The molecule has 0 aliphatic heterocycles. The van der Waals surface area contributed by atoms with Crippen LogP contribution in [0.3, 0.4) is 0 Å². The molecular formula is C18H16F5N5. The minimum Gasteiger partial charge on any atom is -0.323 e. The summed E-state index contributed by atoms with van der Waals surface area (Å²) in [6.45, 7) is 1.25. The predicted molar refractivity (Wildman–Crippen MR) is 92.9 cm³/mol. The average Bonchev–Trinajstić information content (AvgIpc) is 3.03. The number of anilines is 2. The monoisotopic (exact) mass is 397 g/mol. The third kappa shape index (κ3) is 4.44. The molecule has 28 heavy (non-hydrogen) atoms. The molecule has 2 aromatic heterocycles. The van der Waals surface area contributed by atoms with E-state index in [4.69, 9.17) is 0 Å². The molecule has 3 rings (SSSR count). The maximum atomic E-state index is 13.4. The molecule has 0 aliphatic rings. The van der Waals surface area contributed by atoms with Crippen LogP contribution < -0.4 is 5.32 Å². The number of aryl methyl sites for hydroxylation is 2. The molecule has 1 aromatic carbocycles. The molecule has 0 spiro atoms. The highest BCUT2D eigenvalue weighted by Gasteiger charge is 2.34. The first kappa shape index (κ1) is 19.7. The Morgan fingerprint density at radius 3 is 2.61 bits per heavy atom. The number of pyridine rings is 1. The smallest absolute Gasteiger partial charge is 0.323 e. The Labute approximate surface area is 157 Å². The Bertz CT molecular complexity index is 967. The summed E-state index contributed by atoms with van der Waals surface area (Å²) in [4.78, 5) is 8.34. The van der Waals surface area contributed by atoms with E-state index in [1.54, 1.807) is 25.3 Å². The van der Waals surface area contributed by atoms with Gasteiger partial charge >= 0.3 is 6.18 Å². The Kier molecular flexibility index (Phi) is 5.57. The van der Waals surface area contributed by atoms with Gasteiger partial charge in [0, 0.05) is 24.0 Å². The first-order valence-electron chi connectivity index (χ1n) is 8.36. The van der Waals surface area contributed by atoms with Crippen LogP contribution in [-0.2, 0) is 12.6 Å². The molecule has 0 saturated heterocycles. The lowest BCUT2D eigenvalue weighted by Gasteiger charge is -2.10. The summed E-state index contributed by atoms with van der Waals surface area (Å²) < 4.78 is 66.2. The number of nitrogens with zero attached hydrogens (tertiary/aromatic N) is 4. The summed E-state index contributed by atoms with van der Waals surface area (Å²) in [6.07, 6.45) is -2.75. The molecule has 0 amide bonds. The summed E-state index contributed by atoms with van der Waals surface area (Å²) in [7, 11) is 0. The third-order valence-corrected chi connectivity index (χ3v) is 3.86. The number of alkyl halides is 4. The highest BCUT2D eigenvalue weighted by molar-refractivity contribution is 5.55. The van der Waals surface area contributed by atoms with E-state index in [0.29, 0.717) is 17.6 Å². The maximum Gasteiger partial charge on any atom is 0.419 e. The summed E-state index contributed by atoms with van der Waals surface area (Å²) in [5.41, 5.74) is -0.0440. The van der Waals surface area contributed by atoms with Crippen molar-refractivity contribution in [1.29, 1.82) is 0 Å². The molecule has 0 bridgehead atoms. The Morgan fingerprint density at radius 2 is 1.93 bits per heavy atom. The van der Waals surface area contributed by atoms with Crippen LogP contribution in [-0.4, -0.2) is 26.4 Å². The van der Waals surface area contributed by atoms with E-state index in [2.05, 4.69) is 20.4 Å². The van der Waals surface area contributed by atoms with Gasteiger partial charge in [-0.3, -0.25) is 9.37 Å². The quantitative estimate of drug-likeness (QED) is 0.609. The number of halogens is 5. The highest BCUT2D eigenvalue weighted by Crippen LogP contribution is 2.33. The Balaban J connectivity index is 1.95. The topological polar surface area (TPSA) is 55.6 Å². The number of hydrogen-bond acceptors (Lipinski definition) is 4. The van der Waals surface area contributed by atoms with Crippen molar-refractivity contribution in [3.63, 3.8) is 0 Å². The largest absolute Gasteiger partial charge is 0.419 e. The standard InChI is InChI=1S/C18H16F5N5/c1-11-9-13(6-8-24-11)28-16(3-2-7-19)26-17(27-28)25-12-4-5-15(20)14(10-12)18(21,22)23/h4-6,8-10H,2-3,7H2,1H3,(H,25,27). The number of nitrogens with one attached hydrogen (secondary N) is 1. The van der Waals surface area contributed by atoms with Crippen LogP contribution >= 0.6 is 0 Å². The summed E-state index contributed by atoms with van der Waals surface area (Å²) in [6, 6.07) is 5.95. The maximum absolute atomic E-state index is 13.4. The second-order valence-corrected chi connectivity index (χ2v) is 6.03.